The van der Waals surface area contributed by atoms with Gasteiger partial charge in [-0.25, -0.2) is 8.42 Å². The standard InChI is InChI=1S/C16H21F3N2O2S/c1-12-10-13-11-20(8-4-5-9-21(12)13)24(22,23)15-7-3-2-6-14(15)16(17,18)19/h2-3,6-7,12-13H,4-5,8-11H2,1H3/t12?,13-/m0/s1. The van der Waals surface area contributed by atoms with Gasteiger partial charge in [0, 0.05) is 25.2 Å². The highest BCUT2D eigenvalue weighted by molar-refractivity contribution is 7.89. The number of alkyl halides is 3. The van der Waals surface area contributed by atoms with Gasteiger partial charge in [-0.2, -0.15) is 17.5 Å². The van der Waals surface area contributed by atoms with Crippen LogP contribution in [0.5, 0.6) is 0 Å². The molecule has 0 saturated carbocycles. The largest absolute Gasteiger partial charge is 0.417 e. The lowest BCUT2D eigenvalue weighted by Gasteiger charge is -2.50. The van der Waals surface area contributed by atoms with Crippen LogP contribution < -0.4 is 0 Å². The Morgan fingerprint density at radius 2 is 1.79 bits per heavy atom. The monoisotopic (exact) mass is 362 g/mol. The number of hydrogen-bond acceptors (Lipinski definition) is 3. The van der Waals surface area contributed by atoms with Crippen molar-refractivity contribution in [1.29, 1.82) is 0 Å². The Labute approximate surface area is 140 Å². The maximum Gasteiger partial charge on any atom is 0.417 e. The number of hydrogen-bond donors (Lipinski definition) is 0. The van der Waals surface area contributed by atoms with Crippen molar-refractivity contribution in [3.05, 3.63) is 29.8 Å². The first kappa shape index (κ1) is 17.7. The summed E-state index contributed by atoms with van der Waals surface area (Å²) in [5.41, 5.74) is -1.09. The smallest absolute Gasteiger partial charge is 0.296 e. The van der Waals surface area contributed by atoms with Gasteiger partial charge in [0.15, 0.2) is 0 Å². The van der Waals surface area contributed by atoms with E-state index in [4.69, 9.17) is 0 Å². The summed E-state index contributed by atoms with van der Waals surface area (Å²) >= 11 is 0. The lowest BCUT2D eigenvalue weighted by molar-refractivity contribution is -0.139. The van der Waals surface area contributed by atoms with Gasteiger partial charge in [-0.1, -0.05) is 12.1 Å². The van der Waals surface area contributed by atoms with Crippen molar-refractivity contribution < 1.29 is 21.6 Å². The Hall–Kier alpha value is -1.12. The van der Waals surface area contributed by atoms with Crippen molar-refractivity contribution in [1.82, 2.24) is 9.21 Å². The lowest BCUT2D eigenvalue weighted by atomic mass is 9.92. The van der Waals surface area contributed by atoms with Crippen molar-refractivity contribution in [2.45, 2.75) is 49.3 Å². The summed E-state index contributed by atoms with van der Waals surface area (Å²) in [7, 11) is -4.17. The Kier molecular flexibility index (Phi) is 4.65. The lowest BCUT2D eigenvalue weighted by Crippen LogP contribution is -2.60. The van der Waals surface area contributed by atoms with Gasteiger partial charge >= 0.3 is 6.18 Å². The highest BCUT2D eigenvalue weighted by Gasteiger charge is 2.42. The fraction of sp³-hybridized carbons (Fsp3) is 0.625. The zero-order valence-electron chi connectivity index (χ0n) is 13.5. The maximum absolute atomic E-state index is 13.2. The summed E-state index contributed by atoms with van der Waals surface area (Å²) in [6, 6.07) is 4.95. The number of fused-ring (bicyclic) bond motifs is 1. The molecule has 2 aliphatic heterocycles. The molecule has 2 aliphatic rings. The summed E-state index contributed by atoms with van der Waals surface area (Å²) < 4.78 is 66.6. The highest BCUT2D eigenvalue weighted by Crippen LogP contribution is 2.36. The summed E-state index contributed by atoms with van der Waals surface area (Å²) in [6.45, 7) is 3.56. The first-order chi connectivity index (χ1) is 11.2. The molecule has 1 aromatic rings. The Morgan fingerprint density at radius 3 is 2.46 bits per heavy atom. The Bertz CT molecular complexity index is 706. The molecule has 0 N–H and O–H groups in total. The first-order valence-corrected chi connectivity index (χ1v) is 9.57. The van der Waals surface area contributed by atoms with Crippen LogP contribution in [0.3, 0.4) is 0 Å². The molecule has 2 saturated heterocycles. The second-order valence-corrected chi connectivity index (χ2v) is 8.45. The van der Waals surface area contributed by atoms with Crippen molar-refractivity contribution >= 4 is 10.0 Å². The van der Waals surface area contributed by atoms with E-state index in [2.05, 4.69) is 11.8 Å². The maximum atomic E-state index is 13.2. The predicted molar refractivity (Wildman–Crippen MR) is 84.0 cm³/mol. The molecular formula is C16H21F3N2O2S. The van der Waals surface area contributed by atoms with Crippen LogP contribution >= 0.6 is 0 Å². The molecule has 1 unspecified atom stereocenters. The normalized spacial score (nSPS) is 27.0. The molecule has 0 radical (unpaired) electrons. The quantitative estimate of drug-likeness (QED) is 0.812. The topological polar surface area (TPSA) is 40.6 Å². The van der Waals surface area contributed by atoms with Gasteiger partial charge in [-0.3, -0.25) is 4.90 Å². The summed E-state index contributed by atoms with van der Waals surface area (Å²) in [6.07, 6.45) is -2.30. The molecular weight excluding hydrogens is 341 g/mol. The fourth-order valence-electron chi connectivity index (χ4n) is 3.66. The Morgan fingerprint density at radius 1 is 1.12 bits per heavy atom. The van der Waals surface area contributed by atoms with Crippen molar-refractivity contribution in [2.24, 2.45) is 0 Å². The number of rotatable bonds is 2. The van der Waals surface area contributed by atoms with Crippen LogP contribution in [0.4, 0.5) is 13.2 Å². The molecule has 2 atom stereocenters. The molecule has 3 rings (SSSR count). The fourth-order valence-corrected chi connectivity index (χ4v) is 5.39. The van der Waals surface area contributed by atoms with Gasteiger partial charge in [0.1, 0.15) is 0 Å². The van der Waals surface area contributed by atoms with E-state index in [1.54, 1.807) is 0 Å². The predicted octanol–water partition coefficient (Wildman–Crippen LogP) is 2.95. The molecule has 0 aromatic heterocycles. The summed E-state index contributed by atoms with van der Waals surface area (Å²) in [4.78, 5) is 1.61. The van der Waals surface area contributed by atoms with Gasteiger partial charge in [-0.05, 0) is 44.9 Å². The molecule has 8 heteroatoms. The molecule has 0 bridgehead atoms. The van der Waals surface area contributed by atoms with Gasteiger partial charge in [0.05, 0.1) is 10.5 Å². The molecule has 0 spiro atoms. The number of halogens is 3. The van der Waals surface area contributed by atoms with Gasteiger partial charge in [0.2, 0.25) is 10.0 Å². The summed E-state index contributed by atoms with van der Waals surface area (Å²) in [5.74, 6) is 0. The van der Waals surface area contributed by atoms with Gasteiger partial charge in [0.25, 0.3) is 0 Å². The van der Waals surface area contributed by atoms with Crippen molar-refractivity contribution in [3.63, 3.8) is 0 Å². The molecule has 0 aliphatic carbocycles. The average Bonchev–Trinajstić information content (AvgIpc) is 2.49. The van der Waals surface area contributed by atoms with E-state index in [-0.39, 0.29) is 19.1 Å². The van der Waals surface area contributed by atoms with Crippen molar-refractivity contribution in [3.8, 4) is 0 Å². The van der Waals surface area contributed by atoms with Crippen LogP contribution in [-0.2, 0) is 16.2 Å². The Balaban J connectivity index is 1.93. The molecule has 1 aromatic carbocycles. The van der Waals surface area contributed by atoms with Crippen LogP contribution in [0, 0.1) is 0 Å². The SMILES string of the molecule is CC1C[C@H]2CN(S(=O)(=O)c3ccccc3C(F)(F)F)CCCCN12. The van der Waals surface area contributed by atoms with Gasteiger partial charge in [-0.15, -0.1) is 0 Å². The van der Waals surface area contributed by atoms with E-state index in [0.717, 1.165) is 31.5 Å². The van der Waals surface area contributed by atoms with E-state index in [9.17, 15) is 21.6 Å². The van der Waals surface area contributed by atoms with Crippen LogP contribution in [0.15, 0.2) is 29.2 Å². The number of sulfonamides is 1. The van der Waals surface area contributed by atoms with Crippen LogP contribution in [-0.4, -0.2) is 49.3 Å². The van der Waals surface area contributed by atoms with Crippen molar-refractivity contribution in [2.75, 3.05) is 19.6 Å². The minimum atomic E-state index is -4.69. The average molecular weight is 362 g/mol. The van der Waals surface area contributed by atoms with Crippen LogP contribution in [0.25, 0.3) is 0 Å². The van der Waals surface area contributed by atoms with E-state index < -0.39 is 26.7 Å². The minimum Gasteiger partial charge on any atom is -0.296 e. The van der Waals surface area contributed by atoms with E-state index in [0.29, 0.717) is 12.5 Å². The zero-order chi connectivity index (χ0) is 17.5. The van der Waals surface area contributed by atoms with Crippen LogP contribution in [0.1, 0.15) is 31.7 Å². The molecule has 2 heterocycles. The third-order valence-corrected chi connectivity index (χ3v) is 6.87. The molecule has 2 fully saturated rings. The van der Waals surface area contributed by atoms with E-state index >= 15 is 0 Å². The number of benzene rings is 1. The first-order valence-electron chi connectivity index (χ1n) is 8.13. The zero-order valence-corrected chi connectivity index (χ0v) is 14.3. The molecule has 0 amide bonds. The highest BCUT2D eigenvalue weighted by atomic mass is 32.2. The third kappa shape index (κ3) is 3.19. The van der Waals surface area contributed by atoms with Crippen LogP contribution in [0.2, 0.25) is 0 Å². The number of nitrogens with zero attached hydrogens (tertiary/aromatic N) is 2. The minimum absolute atomic E-state index is 0.105. The van der Waals surface area contributed by atoms with Gasteiger partial charge < -0.3 is 0 Å². The molecule has 4 nitrogen and oxygen atoms in total. The second-order valence-electron chi connectivity index (χ2n) is 6.54. The molecule has 134 valence electrons. The van der Waals surface area contributed by atoms with E-state index in [1.807, 2.05) is 0 Å². The summed E-state index contributed by atoms with van der Waals surface area (Å²) in [5, 5.41) is 0. The third-order valence-electron chi connectivity index (χ3n) is 4.95. The van der Waals surface area contributed by atoms with E-state index in [1.165, 1.54) is 16.4 Å². The molecule has 24 heavy (non-hydrogen) atoms. The second kappa shape index (κ2) is 6.31.